The Balaban J connectivity index is 1.24. The first-order valence-corrected chi connectivity index (χ1v) is 20.7. The Kier molecular flexibility index (Phi) is 10.8. The van der Waals surface area contributed by atoms with Crippen molar-refractivity contribution in [2.45, 2.75) is 72.6 Å². The van der Waals surface area contributed by atoms with Crippen LogP contribution in [0.5, 0.6) is 0 Å². The quantitative estimate of drug-likeness (QED) is 0.0964. The van der Waals surface area contributed by atoms with Crippen molar-refractivity contribution in [3.63, 3.8) is 0 Å². The van der Waals surface area contributed by atoms with E-state index in [1.165, 1.54) is 72.3 Å². The largest absolute Gasteiger partial charge is 0.455 e. The summed E-state index contributed by atoms with van der Waals surface area (Å²) in [7, 11) is 0. The van der Waals surface area contributed by atoms with E-state index >= 15 is 0 Å². The van der Waals surface area contributed by atoms with E-state index in [1.54, 1.807) is 6.08 Å². The normalized spacial score (nSPS) is 21.6. The molecule has 2 heteroatoms. The maximum Gasteiger partial charge on any atom is 0.143 e. The average molecular weight is 744 g/mol. The lowest BCUT2D eigenvalue weighted by molar-refractivity contribution is 0.549. The highest BCUT2D eigenvalue weighted by Crippen LogP contribution is 2.53. The average Bonchev–Trinajstić information content (AvgIpc) is 3.59. The van der Waals surface area contributed by atoms with Gasteiger partial charge in [-0.15, -0.1) is 5.73 Å². The van der Waals surface area contributed by atoms with E-state index < -0.39 is 0 Å². The second-order valence-corrected chi connectivity index (χ2v) is 16.2. The number of benzene rings is 3. The monoisotopic (exact) mass is 743 g/mol. The fourth-order valence-electron chi connectivity index (χ4n) is 9.08. The number of nitrogens with zero attached hydrogens (tertiary/aromatic N) is 1. The molecule has 284 valence electrons. The van der Waals surface area contributed by atoms with Crippen molar-refractivity contribution < 1.29 is 4.42 Å². The van der Waals surface area contributed by atoms with Crippen molar-refractivity contribution in [3.05, 3.63) is 190 Å². The molecule has 0 spiro atoms. The zero-order valence-corrected chi connectivity index (χ0v) is 34.3. The van der Waals surface area contributed by atoms with Gasteiger partial charge >= 0.3 is 0 Å². The summed E-state index contributed by atoms with van der Waals surface area (Å²) >= 11 is 0. The zero-order chi connectivity index (χ0) is 39.5. The predicted molar refractivity (Wildman–Crippen MR) is 243 cm³/mol. The van der Waals surface area contributed by atoms with E-state index in [9.17, 15) is 0 Å². The molecule has 1 aromatic heterocycles. The smallest absolute Gasteiger partial charge is 0.143 e. The highest BCUT2D eigenvalue weighted by atomic mass is 16.3. The van der Waals surface area contributed by atoms with E-state index in [0.717, 1.165) is 36.8 Å². The molecule has 0 saturated carbocycles. The van der Waals surface area contributed by atoms with Crippen LogP contribution in [0.25, 0.3) is 38.8 Å². The molecule has 4 aliphatic carbocycles. The Morgan fingerprint density at radius 2 is 1.81 bits per heavy atom. The molecule has 0 bridgehead atoms. The molecule has 57 heavy (non-hydrogen) atoms. The van der Waals surface area contributed by atoms with E-state index in [0.29, 0.717) is 12.5 Å². The molecule has 4 aromatic rings. The fourth-order valence-corrected chi connectivity index (χ4v) is 9.08. The molecule has 0 saturated heterocycles. The Morgan fingerprint density at radius 3 is 2.63 bits per heavy atom. The van der Waals surface area contributed by atoms with Crippen LogP contribution in [0.2, 0.25) is 0 Å². The Hall–Kier alpha value is -6.00. The van der Waals surface area contributed by atoms with E-state index in [4.69, 9.17) is 4.42 Å². The molecule has 0 amide bonds. The van der Waals surface area contributed by atoms with Gasteiger partial charge in [-0.05, 0) is 89.7 Å². The SMILES string of the molecule is C/C=C(\C=C/C(C)/C1=C/C=C=CC#CC1)N(C/C=C1\C(=C/CC)c2c(ccc3c2oc2ccccc23)C1(C)C)C1=CCC=C(C2=CC=CC(C)C2)c2ccccc21. The van der Waals surface area contributed by atoms with Gasteiger partial charge in [-0.2, -0.15) is 0 Å². The third-order valence-corrected chi connectivity index (χ3v) is 12.1. The number of hydrogen-bond donors (Lipinski definition) is 0. The van der Waals surface area contributed by atoms with Crippen molar-refractivity contribution in [2.24, 2.45) is 11.8 Å². The standard InChI is InChI=1S/C55H53NO/c1-7-20-48-49(55(5,6)50-34-33-47-46-27-16-17-30-52(46)57-54(47)53(48)50)35-36-56(42(8-2)32-31-39(4)40-22-12-10-9-11-13-23-40)51-29-19-28-43(41-24-18-21-38(3)37-41)44-25-14-15-26-45(44)51/h8-9,12,14-18,20-22,24-35,38-39H,7,19,23,36-37H2,1-6H3/b32-31-,40-22+,42-8+,48-20+,49-35+. The van der Waals surface area contributed by atoms with E-state index in [-0.39, 0.29) is 11.3 Å². The highest BCUT2D eigenvalue weighted by molar-refractivity contribution is 6.11. The van der Waals surface area contributed by atoms with E-state index in [2.05, 4.69) is 192 Å². The molecule has 1 heterocycles. The van der Waals surface area contributed by atoms with Gasteiger partial charge in [0.25, 0.3) is 0 Å². The summed E-state index contributed by atoms with van der Waals surface area (Å²) in [6, 6.07) is 22.0. The minimum atomic E-state index is -0.217. The second-order valence-electron chi connectivity index (χ2n) is 16.2. The van der Waals surface area contributed by atoms with Crippen LogP contribution in [0.1, 0.15) is 89.5 Å². The number of allylic oxidation sites excluding steroid dienone is 16. The molecule has 0 N–H and O–H groups in total. The first kappa shape index (κ1) is 37.9. The third kappa shape index (κ3) is 7.26. The van der Waals surface area contributed by atoms with Gasteiger partial charge in [-0.25, -0.2) is 0 Å². The summed E-state index contributed by atoms with van der Waals surface area (Å²) in [5.74, 6) is 7.13. The molecular formula is C55H53NO. The minimum absolute atomic E-state index is 0.217. The van der Waals surface area contributed by atoms with Crippen LogP contribution in [-0.4, -0.2) is 11.4 Å². The van der Waals surface area contributed by atoms with Crippen LogP contribution in [0, 0.1) is 23.7 Å². The molecule has 8 rings (SSSR count). The van der Waals surface area contributed by atoms with Gasteiger partial charge < -0.3 is 9.32 Å². The molecule has 0 fully saturated rings. The number of para-hydroxylation sites is 1. The van der Waals surface area contributed by atoms with Crippen molar-refractivity contribution in [3.8, 4) is 11.8 Å². The topological polar surface area (TPSA) is 16.4 Å². The minimum Gasteiger partial charge on any atom is -0.455 e. The van der Waals surface area contributed by atoms with Crippen molar-refractivity contribution in [2.75, 3.05) is 6.54 Å². The molecule has 0 aliphatic heterocycles. The Labute approximate surface area is 339 Å². The summed E-state index contributed by atoms with van der Waals surface area (Å²) < 4.78 is 6.69. The van der Waals surface area contributed by atoms with Crippen LogP contribution in [-0.2, 0) is 5.41 Å². The summed E-state index contributed by atoms with van der Waals surface area (Å²) in [4.78, 5) is 2.54. The van der Waals surface area contributed by atoms with Gasteiger partial charge in [-0.1, -0.05) is 167 Å². The zero-order valence-electron chi connectivity index (χ0n) is 34.3. The summed E-state index contributed by atoms with van der Waals surface area (Å²) in [5.41, 5.74) is 19.1. The van der Waals surface area contributed by atoms with Crippen LogP contribution in [0.4, 0.5) is 0 Å². The lowest BCUT2D eigenvalue weighted by Gasteiger charge is -2.31. The van der Waals surface area contributed by atoms with Crippen LogP contribution >= 0.6 is 0 Å². The summed E-state index contributed by atoms with van der Waals surface area (Å²) in [6.45, 7) is 14.5. The van der Waals surface area contributed by atoms with Gasteiger partial charge in [-0.3, -0.25) is 0 Å². The lowest BCUT2D eigenvalue weighted by atomic mass is 9.81. The molecule has 4 aliphatic rings. The maximum atomic E-state index is 6.69. The Bertz CT molecular complexity index is 2670. The Morgan fingerprint density at radius 1 is 0.982 bits per heavy atom. The number of rotatable bonds is 9. The molecular weight excluding hydrogens is 691 g/mol. The first-order chi connectivity index (χ1) is 27.8. The number of fused-ring (bicyclic) bond motifs is 6. The van der Waals surface area contributed by atoms with Gasteiger partial charge in [0.15, 0.2) is 0 Å². The molecule has 0 radical (unpaired) electrons. The summed E-state index contributed by atoms with van der Waals surface area (Å²) in [6.07, 6.45) is 33.1. The van der Waals surface area contributed by atoms with Gasteiger partial charge in [0, 0.05) is 57.8 Å². The molecule has 3 aromatic carbocycles. The number of furan rings is 1. The summed E-state index contributed by atoms with van der Waals surface area (Å²) in [5, 5.41) is 2.35. The fraction of sp³-hybridized carbons (Fsp3) is 0.255. The van der Waals surface area contributed by atoms with E-state index in [1.807, 2.05) is 6.08 Å². The lowest BCUT2D eigenvalue weighted by Crippen LogP contribution is -2.23. The molecule has 2 atom stereocenters. The van der Waals surface area contributed by atoms with Gasteiger partial charge in [0.2, 0.25) is 0 Å². The number of hydrogen-bond acceptors (Lipinski definition) is 2. The van der Waals surface area contributed by atoms with Gasteiger partial charge in [0.05, 0.1) is 0 Å². The maximum absolute atomic E-state index is 6.69. The second kappa shape index (κ2) is 16.2. The van der Waals surface area contributed by atoms with Crippen molar-refractivity contribution in [1.29, 1.82) is 0 Å². The molecule has 2 unspecified atom stereocenters. The van der Waals surface area contributed by atoms with Crippen molar-refractivity contribution >= 4 is 38.8 Å². The van der Waals surface area contributed by atoms with Crippen LogP contribution in [0.3, 0.4) is 0 Å². The highest BCUT2D eigenvalue weighted by Gasteiger charge is 2.40. The predicted octanol–water partition coefficient (Wildman–Crippen LogP) is 14.4. The van der Waals surface area contributed by atoms with Crippen LogP contribution in [0.15, 0.2) is 172 Å². The van der Waals surface area contributed by atoms with Gasteiger partial charge in [0.1, 0.15) is 11.2 Å². The molecule has 2 nitrogen and oxygen atoms in total. The first-order valence-electron chi connectivity index (χ1n) is 20.7. The van der Waals surface area contributed by atoms with Crippen molar-refractivity contribution in [1.82, 2.24) is 4.90 Å². The third-order valence-electron chi connectivity index (χ3n) is 12.1. The van der Waals surface area contributed by atoms with Crippen LogP contribution < -0.4 is 0 Å².